The first-order valence-electron chi connectivity index (χ1n) is 5.49. The Hall–Kier alpha value is -1.43. The fraction of sp³-hybridized carbons (Fsp3) is 0.231. The molecule has 0 aliphatic carbocycles. The fourth-order valence-corrected chi connectivity index (χ4v) is 1.89. The van der Waals surface area contributed by atoms with Crippen LogP contribution in [0.2, 0.25) is 0 Å². The smallest absolute Gasteiger partial charge is 0.436 e. The van der Waals surface area contributed by atoms with Gasteiger partial charge in [0.05, 0.1) is 0 Å². The highest BCUT2D eigenvalue weighted by Gasteiger charge is 2.35. The summed E-state index contributed by atoms with van der Waals surface area (Å²) in [4.78, 5) is 1.62. The van der Waals surface area contributed by atoms with E-state index in [1.807, 2.05) is 24.3 Å². The molecule has 0 aliphatic rings. The molecule has 0 saturated carbocycles. The van der Waals surface area contributed by atoms with E-state index in [0.717, 1.165) is 16.1 Å². The van der Waals surface area contributed by atoms with Crippen molar-refractivity contribution in [2.75, 3.05) is 11.9 Å². The first kappa shape index (κ1) is 14.0. The molecular formula is C13H11BrF3NO. The third-order valence-electron chi connectivity index (χ3n) is 2.58. The zero-order valence-electron chi connectivity index (χ0n) is 10.0. The number of halogens is 4. The Kier molecular flexibility index (Phi) is 3.89. The standard InChI is InChI=1S/C13H11BrF3NO/c1-18(8-9-2-4-10(14)5-3-9)12-7-6-11(19-12)13(15,16)17/h2-7H,8H2,1H3. The molecule has 0 atom stereocenters. The molecule has 0 N–H and O–H groups in total. The molecule has 0 unspecified atom stereocenters. The van der Waals surface area contributed by atoms with Gasteiger partial charge in [0, 0.05) is 24.1 Å². The lowest BCUT2D eigenvalue weighted by molar-refractivity contribution is -0.152. The van der Waals surface area contributed by atoms with Crippen LogP contribution in [-0.4, -0.2) is 7.05 Å². The van der Waals surface area contributed by atoms with Crippen LogP contribution in [0.4, 0.5) is 19.1 Å². The highest BCUT2D eigenvalue weighted by atomic mass is 79.9. The van der Waals surface area contributed by atoms with Gasteiger partial charge in [-0.05, 0) is 23.8 Å². The molecular weight excluding hydrogens is 323 g/mol. The van der Waals surface area contributed by atoms with Crippen LogP contribution in [0.25, 0.3) is 0 Å². The van der Waals surface area contributed by atoms with E-state index in [-0.39, 0.29) is 5.88 Å². The third-order valence-corrected chi connectivity index (χ3v) is 3.11. The summed E-state index contributed by atoms with van der Waals surface area (Å²) in [5.41, 5.74) is 0.982. The topological polar surface area (TPSA) is 16.4 Å². The molecule has 102 valence electrons. The highest BCUT2D eigenvalue weighted by molar-refractivity contribution is 9.10. The van der Waals surface area contributed by atoms with Gasteiger partial charge in [0.2, 0.25) is 5.76 Å². The first-order valence-corrected chi connectivity index (χ1v) is 6.28. The van der Waals surface area contributed by atoms with Crippen LogP contribution in [0.3, 0.4) is 0 Å². The van der Waals surface area contributed by atoms with E-state index in [2.05, 4.69) is 15.9 Å². The molecule has 0 bridgehead atoms. The number of anilines is 1. The maximum Gasteiger partial charge on any atom is 0.449 e. The number of benzene rings is 1. The number of hydrogen-bond donors (Lipinski definition) is 0. The minimum atomic E-state index is -4.45. The molecule has 1 aromatic heterocycles. The van der Waals surface area contributed by atoms with Crippen LogP contribution in [0.15, 0.2) is 45.3 Å². The van der Waals surface area contributed by atoms with E-state index in [0.29, 0.717) is 6.54 Å². The van der Waals surface area contributed by atoms with E-state index >= 15 is 0 Å². The van der Waals surface area contributed by atoms with Gasteiger partial charge in [0.25, 0.3) is 0 Å². The second-order valence-corrected chi connectivity index (χ2v) is 5.03. The molecule has 0 radical (unpaired) electrons. The normalized spacial score (nSPS) is 11.6. The SMILES string of the molecule is CN(Cc1ccc(Br)cc1)c1ccc(C(F)(F)F)o1. The Labute approximate surface area is 117 Å². The van der Waals surface area contributed by atoms with Crippen molar-refractivity contribution in [1.82, 2.24) is 0 Å². The summed E-state index contributed by atoms with van der Waals surface area (Å²) in [6.07, 6.45) is -4.45. The lowest BCUT2D eigenvalue weighted by atomic mass is 10.2. The van der Waals surface area contributed by atoms with Crippen LogP contribution in [0.5, 0.6) is 0 Å². The average molecular weight is 334 g/mol. The van der Waals surface area contributed by atoms with Crippen LogP contribution in [0.1, 0.15) is 11.3 Å². The van der Waals surface area contributed by atoms with E-state index in [1.54, 1.807) is 11.9 Å². The van der Waals surface area contributed by atoms with Crippen LogP contribution in [0, 0.1) is 0 Å². The van der Waals surface area contributed by atoms with Crippen LogP contribution in [-0.2, 0) is 12.7 Å². The summed E-state index contributed by atoms with van der Waals surface area (Å²) in [7, 11) is 1.68. The fourth-order valence-electron chi connectivity index (χ4n) is 1.63. The monoisotopic (exact) mass is 333 g/mol. The van der Waals surface area contributed by atoms with Gasteiger partial charge in [-0.1, -0.05) is 28.1 Å². The molecule has 6 heteroatoms. The van der Waals surface area contributed by atoms with Gasteiger partial charge in [-0.15, -0.1) is 0 Å². The third kappa shape index (κ3) is 3.53. The van der Waals surface area contributed by atoms with E-state index < -0.39 is 11.9 Å². The van der Waals surface area contributed by atoms with Gasteiger partial charge in [-0.2, -0.15) is 13.2 Å². The molecule has 0 fully saturated rings. The van der Waals surface area contributed by atoms with Gasteiger partial charge in [-0.3, -0.25) is 0 Å². The van der Waals surface area contributed by atoms with Crippen molar-refractivity contribution in [2.45, 2.75) is 12.7 Å². The lowest BCUT2D eigenvalue weighted by Crippen LogP contribution is -2.15. The van der Waals surface area contributed by atoms with Crippen molar-refractivity contribution in [3.05, 3.63) is 52.2 Å². The molecule has 2 rings (SSSR count). The van der Waals surface area contributed by atoms with Gasteiger partial charge >= 0.3 is 6.18 Å². The lowest BCUT2D eigenvalue weighted by Gasteiger charge is -2.16. The summed E-state index contributed by atoms with van der Waals surface area (Å²) >= 11 is 3.32. The number of furan rings is 1. The summed E-state index contributed by atoms with van der Waals surface area (Å²) in [6, 6.07) is 9.82. The molecule has 2 aromatic rings. The first-order chi connectivity index (χ1) is 8.86. The van der Waals surface area contributed by atoms with Crippen molar-refractivity contribution in [2.24, 2.45) is 0 Å². The number of nitrogens with zero attached hydrogens (tertiary/aromatic N) is 1. The zero-order valence-corrected chi connectivity index (χ0v) is 11.6. The molecule has 1 aromatic carbocycles. The molecule has 0 spiro atoms. The number of rotatable bonds is 3. The second kappa shape index (κ2) is 5.28. The molecule has 1 heterocycles. The van der Waals surface area contributed by atoms with Crippen molar-refractivity contribution in [1.29, 1.82) is 0 Å². The Bertz CT molecular complexity index is 548. The van der Waals surface area contributed by atoms with Gasteiger partial charge in [0.15, 0.2) is 5.88 Å². The summed E-state index contributed by atoms with van der Waals surface area (Å²) in [5.74, 6) is -0.791. The number of hydrogen-bond acceptors (Lipinski definition) is 2. The Balaban J connectivity index is 2.09. The molecule has 0 aliphatic heterocycles. The Morgan fingerprint density at radius 1 is 1.11 bits per heavy atom. The maximum absolute atomic E-state index is 12.4. The summed E-state index contributed by atoms with van der Waals surface area (Å²) < 4.78 is 43.0. The minimum absolute atomic E-state index is 0.190. The molecule has 2 nitrogen and oxygen atoms in total. The Morgan fingerprint density at radius 2 is 1.74 bits per heavy atom. The van der Waals surface area contributed by atoms with Crippen molar-refractivity contribution in [3.63, 3.8) is 0 Å². The molecule has 0 amide bonds. The zero-order chi connectivity index (χ0) is 14.0. The predicted octanol–water partition coefficient (Wildman–Crippen LogP) is 4.70. The van der Waals surface area contributed by atoms with E-state index in [1.165, 1.54) is 6.07 Å². The van der Waals surface area contributed by atoms with Gasteiger partial charge in [-0.25, -0.2) is 0 Å². The van der Waals surface area contributed by atoms with Crippen molar-refractivity contribution < 1.29 is 17.6 Å². The minimum Gasteiger partial charge on any atom is -0.436 e. The average Bonchev–Trinajstić information content (AvgIpc) is 2.81. The quantitative estimate of drug-likeness (QED) is 0.809. The van der Waals surface area contributed by atoms with Crippen LogP contribution >= 0.6 is 15.9 Å². The number of alkyl halides is 3. The summed E-state index contributed by atoms with van der Waals surface area (Å²) in [5, 5.41) is 0. The van der Waals surface area contributed by atoms with Gasteiger partial charge < -0.3 is 9.32 Å². The van der Waals surface area contributed by atoms with Crippen LogP contribution < -0.4 is 4.90 Å². The second-order valence-electron chi connectivity index (χ2n) is 4.12. The van der Waals surface area contributed by atoms with Crippen molar-refractivity contribution in [3.8, 4) is 0 Å². The molecule has 19 heavy (non-hydrogen) atoms. The summed E-state index contributed by atoms with van der Waals surface area (Å²) in [6.45, 7) is 0.470. The highest BCUT2D eigenvalue weighted by Crippen LogP contribution is 2.33. The predicted molar refractivity (Wildman–Crippen MR) is 70.0 cm³/mol. The Morgan fingerprint density at radius 3 is 2.26 bits per heavy atom. The van der Waals surface area contributed by atoms with E-state index in [4.69, 9.17) is 4.42 Å². The maximum atomic E-state index is 12.4. The van der Waals surface area contributed by atoms with Gasteiger partial charge in [0.1, 0.15) is 0 Å². The largest absolute Gasteiger partial charge is 0.449 e. The molecule has 0 saturated heterocycles. The van der Waals surface area contributed by atoms with Crippen molar-refractivity contribution >= 4 is 21.8 Å². The van der Waals surface area contributed by atoms with E-state index in [9.17, 15) is 13.2 Å².